The van der Waals surface area contributed by atoms with Gasteiger partial charge in [-0.25, -0.2) is 9.97 Å². The summed E-state index contributed by atoms with van der Waals surface area (Å²) in [6.45, 7) is 1.69. The molecule has 0 aliphatic carbocycles. The molecule has 0 radical (unpaired) electrons. The van der Waals surface area contributed by atoms with Crippen molar-refractivity contribution in [3.8, 4) is 17.0 Å². The SMILES string of the molecule is CCC(=O)Nc1cc(-c2cc3c(cc2Cl)OC(c2cc(Cl)cc(Cl)c2)(C(F)(F)F)C3)ncn1. The molecule has 33 heavy (non-hydrogen) atoms. The van der Waals surface area contributed by atoms with Gasteiger partial charge in [0.05, 0.1) is 10.7 Å². The minimum atomic E-state index is -4.78. The van der Waals surface area contributed by atoms with Gasteiger partial charge in [0.15, 0.2) is 0 Å². The van der Waals surface area contributed by atoms with Gasteiger partial charge in [0.1, 0.15) is 17.9 Å². The Labute approximate surface area is 201 Å². The number of benzene rings is 2. The zero-order valence-corrected chi connectivity index (χ0v) is 19.2. The maximum Gasteiger partial charge on any atom is 0.432 e. The van der Waals surface area contributed by atoms with E-state index < -0.39 is 18.2 Å². The molecule has 5 nitrogen and oxygen atoms in total. The van der Waals surface area contributed by atoms with E-state index in [1.165, 1.54) is 42.7 Å². The zero-order valence-electron chi connectivity index (χ0n) is 16.9. The summed E-state index contributed by atoms with van der Waals surface area (Å²) >= 11 is 18.3. The molecule has 0 saturated heterocycles. The van der Waals surface area contributed by atoms with Crippen LogP contribution in [0.25, 0.3) is 11.3 Å². The Morgan fingerprint density at radius 1 is 1.09 bits per heavy atom. The smallest absolute Gasteiger partial charge is 0.432 e. The molecule has 11 heteroatoms. The lowest BCUT2D eigenvalue weighted by Crippen LogP contribution is -2.46. The number of carbonyl (C=O) groups is 1. The van der Waals surface area contributed by atoms with Gasteiger partial charge in [0.25, 0.3) is 0 Å². The number of carbonyl (C=O) groups excluding carboxylic acids is 1. The standard InChI is InChI=1S/C22H15Cl3F3N3O2/c1-2-20(32)31-19-8-17(29-10-30-19)15-3-11-9-21(22(26,27)28,33-18(11)7-16(15)25)12-4-13(23)6-14(24)5-12/h3-8,10H,2,9H2,1H3,(H,29,30,31,32). The normalized spacial score (nSPS) is 17.4. The number of aromatic nitrogens is 2. The summed E-state index contributed by atoms with van der Waals surface area (Å²) in [5.41, 5.74) is -1.92. The van der Waals surface area contributed by atoms with Gasteiger partial charge in [-0.2, -0.15) is 13.2 Å². The highest BCUT2D eigenvalue weighted by molar-refractivity contribution is 6.34. The topological polar surface area (TPSA) is 64.1 Å². The van der Waals surface area contributed by atoms with Gasteiger partial charge in [-0.3, -0.25) is 4.79 Å². The van der Waals surface area contributed by atoms with Gasteiger partial charge in [0, 0.05) is 40.1 Å². The second-order valence-electron chi connectivity index (χ2n) is 7.39. The third-order valence-electron chi connectivity index (χ3n) is 5.19. The Morgan fingerprint density at radius 3 is 2.42 bits per heavy atom. The van der Waals surface area contributed by atoms with Crippen molar-refractivity contribution in [1.29, 1.82) is 0 Å². The first kappa shape index (κ1) is 23.6. The Kier molecular flexibility index (Phi) is 6.20. The van der Waals surface area contributed by atoms with Crippen molar-refractivity contribution in [3.63, 3.8) is 0 Å². The molecule has 1 atom stereocenters. The van der Waals surface area contributed by atoms with Crippen molar-refractivity contribution in [2.75, 3.05) is 5.32 Å². The summed E-state index contributed by atoms with van der Waals surface area (Å²) in [4.78, 5) is 19.8. The molecule has 1 N–H and O–H groups in total. The molecule has 0 spiro atoms. The van der Waals surface area contributed by atoms with E-state index in [-0.39, 0.29) is 50.1 Å². The van der Waals surface area contributed by atoms with Gasteiger partial charge in [-0.1, -0.05) is 41.7 Å². The number of halogens is 6. The van der Waals surface area contributed by atoms with Crippen molar-refractivity contribution in [3.05, 3.63) is 68.9 Å². The van der Waals surface area contributed by atoms with Crippen molar-refractivity contribution in [2.24, 2.45) is 0 Å². The summed E-state index contributed by atoms with van der Waals surface area (Å²) in [5, 5.41) is 2.85. The first-order valence-corrected chi connectivity index (χ1v) is 10.8. The Bertz CT molecular complexity index is 1230. The van der Waals surface area contributed by atoms with E-state index in [1.54, 1.807) is 6.92 Å². The molecule has 172 valence electrons. The fourth-order valence-electron chi connectivity index (χ4n) is 3.60. The number of ether oxygens (including phenoxy) is 1. The molecular weight excluding hydrogens is 502 g/mol. The van der Waals surface area contributed by atoms with Crippen molar-refractivity contribution in [1.82, 2.24) is 9.97 Å². The number of alkyl halides is 3. The lowest BCUT2D eigenvalue weighted by molar-refractivity contribution is -0.248. The number of fused-ring (bicyclic) bond motifs is 1. The van der Waals surface area contributed by atoms with Crippen LogP contribution in [-0.2, 0) is 16.8 Å². The quantitative estimate of drug-likeness (QED) is 0.412. The van der Waals surface area contributed by atoms with E-state index >= 15 is 0 Å². The molecule has 1 unspecified atom stereocenters. The van der Waals surface area contributed by atoms with Crippen LogP contribution in [0.4, 0.5) is 19.0 Å². The van der Waals surface area contributed by atoms with Crippen LogP contribution in [0.15, 0.2) is 42.7 Å². The van der Waals surface area contributed by atoms with Crippen LogP contribution in [0, 0.1) is 0 Å². The molecule has 1 aliphatic heterocycles. The largest absolute Gasteiger partial charge is 0.472 e. The van der Waals surface area contributed by atoms with Crippen molar-refractivity contribution < 1.29 is 22.7 Å². The molecule has 1 amide bonds. The number of hydrogen-bond donors (Lipinski definition) is 1. The van der Waals surface area contributed by atoms with E-state index in [1.807, 2.05) is 0 Å². The Morgan fingerprint density at radius 2 is 1.79 bits per heavy atom. The molecule has 2 aromatic carbocycles. The predicted molar refractivity (Wildman–Crippen MR) is 120 cm³/mol. The van der Waals surface area contributed by atoms with Gasteiger partial charge < -0.3 is 10.1 Å². The average Bonchev–Trinajstić information content (AvgIpc) is 3.12. The second-order valence-corrected chi connectivity index (χ2v) is 8.67. The summed E-state index contributed by atoms with van der Waals surface area (Å²) in [5.74, 6) is -0.00754. The molecule has 1 aromatic heterocycles. The van der Waals surface area contributed by atoms with Crippen LogP contribution in [0.2, 0.25) is 15.1 Å². The molecule has 0 fully saturated rings. The van der Waals surface area contributed by atoms with E-state index in [0.717, 1.165) is 0 Å². The average molecular weight is 517 g/mol. The van der Waals surface area contributed by atoms with E-state index in [0.29, 0.717) is 11.3 Å². The lowest BCUT2D eigenvalue weighted by Gasteiger charge is -2.31. The van der Waals surface area contributed by atoms with Crippen LogP contribution in [-0.4, -0.2) is 22.1 Å². The maximum absolute atomic E-state index is 14.4. The fraction of sp³-hybridized carbons (Fsp3) is 0.227. The fourth-order valence-corrected chi connectivity index (χ4v) is 4.37. The molecule has 1 aliphatic rings. The number of amides is 1. The highest BCUT2D eigenvalue weighted by Gasteiger charge is 2.61. The van der Waals surface area contributed by atoms with E-state index in [4.69, 9.17) is 39.5 Å². The highest BCUT2D eigenvalue weighted by atomic mass is 35.5. The number of hydrogen-bond acceptors (Lipinski definition) is 4. The molecule has 0 bridgehead atoms. The third kappa shape index (κ3) is 4.47. The molecule has 3 aromatic rings. The maximum atomic E-state index is 14.4. The van der Waals surface area contributed by atoms with Gasteiger partial charge >= 0.3 is 6.18 Å². The Hall–Kier alpha value is -2.55. The molecule has 4 rings (SSSR count). The summed E-state index contributed by atoms with van der Waals surface area (Å²) in [6.07, 6.45) is -3.81. The number of rotatable bonds is 4. The minimum absolute atomic E-state index is 0.00858. The molecule has 2 heterocycles. The first-order valence-electron chi connectivity index (χ1n) is 9.69. The summed E-state index contributed by atoms with van der Waals surface area (Å²) < 4.78 is 48.6. The number of nitrogens with zero attached hydrogens (tertiary/aromatic N) is 2. The second kappa shape index (κ2) is 8.66. The third-order valence-corrected chi connectivity index (χ3v) is 5.94. The predicted octanol–water partition coefficient (Wildman–Crippen LogP) is 6.85. The van der Waals surface area contributed by atoms with Gasteiger partial charge in [-0.15, -0.1) is 0 Å². The lowest BCUT2D eigenvalue weighted by atomic mass is 9.88. The highest BCUT2D eigenvalue weighted by Crippen LogP contribution is 2.53. The molecular formula is C22H15Cl3F3N3O2. The van der Waals surface area contributed by atoms with Crippen LogP contribution < -0.4 is 10.1 Å². The monoisotopic (exact) mass is 515 g/mol. The zero-order chi connectivity index (χ0) is 24.0. The number of anilines is 1. The van der Waals surface area contributed by atoms with Crippen LogP contribution in [0.1, 0.15) is 24.5 Å². The van der Waals surface area contributed by atoms with E-state index in [9.17, 15) is 18.0 Å². The first-order chi connectivity index (χ1) is 15.5. The van der Waals surface area contributed by atoms with E-state index in [2.05, 4.69) is 15.3 Å². The minimum Gasteiger partial charge on any atom is -0.472 e. The van der Waals surface area contributed by atoms with Crippen LogP contribution >= 0.6 is 34.8 Å². The Balaban J connectivity index is 1.77. The number of nitrogens with one attached hydrogen (secondary N) is 1. The van der Waals surface area contributed by atoms with Crippen molar-refractivity contribution in [2.45, 2.75) is 31.5 Å². The summed E-state index contributed by atoms with van der Waals surface area (Å²) in [6, 6.07) is 8.01. The van der Waals surface area contributed by atoms with Crippen molar-refractivity contribution >= 4 is 46.5 Å². The van der Waals surface area contributed by atoms with Gasteiger partial charge in [0.2, 0.25) is 11.5 Å². The van der Waals surface area contributed by atoms with Gasteiger partial charge in [-0.05, 0) is 35.9 Å². The van der Waals surface area contributed by atoms with Crippen LogP contribution in [0.5, 0.6) is 5.75 Å². The molecule has 0 saturated carbocycles. The van der Waals surface area contributed by atoms with Crippen LogP contribution in [0.3, 0.4) is 0 Å². The summed E-state index contributed by atoms with van der Waals surface area (Å²) in [7, 11) is 0.